The Bertz CT molecular complexity index is 691. The Morgan fingerprint density at radius 3 is 1.88 bits per heavy atom. The monoisotopic (exact) mass is 353 g/mol. The minimum atomic E-state index is -0.699. The van der Waals surface area contributed by atoms with Gasteiger partial charge in [0.1, 0.15) is 0 Å². The van der Waals surface area contributed by atoms with Gasteiger partial charge in [0.05, 0.1) is 12.1 Å². The van der Waals surface area contributed by atoms with Gasteiger partial charge in [0.25, 0.3) is 0 Å². The van der Waals surface area contributed by atoms with Gasteiger partial charge in [-0.1, -0.05) is 81.4 Å². The molecule has 0 unspecified atom stereocenters. The van der Waals surface area contributed by atoms with Crippen LogP contribution in [0.2, 0.25) is 0 Å². The summed E-state index contributed by atoms with van der Waals surface area (Å²) in [6.07, 6.45) is -0.273. The van der Waals surface area contributed by atoms with E-state index in [1.165, 1.54) is 5.56 Å². The number of aliphatic hydroxyl groups is 1. The molecule has 0 saturated carbocycles. The SMILES string of the molecule is C[C@@H]([C@@H](O)c1ccccc1)N(C)C(=O)C[C@H](c1ccccc1)C(C)(C)C. The standard InChI is InChI=1S/C23H31NO2/c1-17(22(26)19-14-10-7-11-15-19)24(5)21(25)16-20(23(2,3)4)18-12-8-6-9-13-18/h6-15,17,20,22,26H,16H2,1-5H3/t17-,20+,22+/m0/s1. The summed E-state index contributed by atoms with van der Waals surface area (Å²) >= 11 is 0. The lowest BCUT2D eigenvalue weighted by molar-refractivity contribution is -0.135. The summed E-state index contributed by atoms with van der Waals surface area (Å²) in [5, 5.41) is 10.6. The van der Waals surface area contributed by atoms with Crippen LogP contribution in [0.1, 0.15) is 57.3 Å². The second kappa shape index (κ2) is 8.50. The first kappa shape index (κ1) is 20.2. The normalized spacial score (nSPS) is 15.2. The zero-order valence-corrected chi connectivity index (χ0v) is 16.5. The Morgan fingerprint density at radius 2 is 1.42 bits per heavy atom. The minimum absolute atomic E-state index is 0.0286. The van der Waals surface area contributed by atoms with Crippen molar-refractivity contribution in [3.8, 4) is 0 Å². The molecule has 1 amide bonds. The minimum Gasteiger partial charge on any atom is -0.386 e. The largest absolute Gasteiger partial charge is 0.386 e. The molecule has 140 valence electrons. The van der Waals surface area contributed by atoms with E-state index in [1.54, 1.807) is 11.9 Å². The van der Waals surface area contributed by atoms with Crippen molar-refractivity contribution in [3.63, 3.8) is 0 Å². The highest BCUT2D eigenvalue weighted by Gasteiger charge is 2.31. The van der Waals surface area contributed by atoms with E-state index in [0.717, 1.165) is 5.56 Å². The number of likely N-dealkylation sites (N-methyl/N-ethyl adjacent to an activating group) is 1. The van der Waals surface area contributed by atoms with Gasteiger partial charge in [0, 0.05) is 13.5 Å². The van der Waals surface area contributed by atoms with E-state index in [9.17, 15) is 9.90 Å². The van der Waals surface area contributed by atoms with Crippen molar-refractivity contribution in [1.82, 2.24) is 4.90 Å². The molecule has 2 aromatic carbocycles. The highest BCUT2D eigenvalue weighted by molar-refractivity contribution is 5.77. The first-order valence-corrected chi connectivity index (χ1v) is 9.25. The summed E-state index contributed by atoms with van der Waals surface area (Å²) in [4.78, 5) is 14.6. The molecule has 0 aliphatic heterocycles. The van der Waals surface area contributed by atoms with E-state index in [0.29, 0.717) is 6.42 Å². The molecule has 0 radical (unpaired) electrons. The summed E-state index contributed by atoms with van der Waals surface area (Å²) in [6, 6.07) is 19.4. The third-order valence-corrected chi connectivity index (χ3v) is 5.23. The van der Waals surface area contributed by atoms with E-state index in [4.69, 9.17) is 0 Å². The molecule has 3 nitrogen and oxygen atoms in total. The molecule has 0 fully saturated rings. The van der Waals surface area contributed by atoms with Crippen molar-refractivity contribution < 1.29 is 9.90 Å². The van der Waals surface area contributed by atoms with E-state index in [1.807, 2.05) is 55.5 Å². The molecule has 3 heteroatoms. The van der Waals surface area contributed by atoms with Crippen molar-refractivity contribution in [2.75, 3.05) is 7.05 Å². The van der Waals surface area contributed by atoms with Gasteiger partial charge in [-0.2, -0.15) is 0 Å². The van der Waals surface area contributed by atoms with E-state index in [2.05, 4.69) is 32.9 Å². The van der Waals surface area contributed by atoms with Crippen molar-refractivity contribution in [3.05, 3.63) is 71.8 Å². The van der Waals surface area contributed by atoms with Crippen LogP contribution in [-0.2, 0) is 4.79 Å². The number of benzene rings is 2. The quantitative estimate of drug-likeness (QED) is 0.811. The average Bonchev–Trinajstić information content (AvgIpc) is 2.64. The van der Waals surface area contributed by atoms with Crippen LogP contribution in [0.4, 0.5) is 0 Å². The summed E-state index contributed by atoms with van der Waals surface area (Å²) in [7, 11) is 1.78. The molecule has 2 rings (SSSR count). The van der Waals surface area contributed by atoms with E-state index < -0.39 is 6.10 Å². The molecular formula is C23H31NO2. The molecule has 0 bridgehead atoms. The fourth-order valence-corrected chi connectivity index (χ4v) is 3.30. The molecule has 0 heterocycles. The number of hydrogen-bond donors (Lipinski definition) is 1. The van der Waals surface area contributed by atoms with E-state index >= 15 is 0 Å². The second-order valence-corrected chi connectivity index (χ2v) is 8.13. The molecule has 0 aliphatic carbocycles. The van der Waals surface area contributed by atoms with Crippen molar-refractivity contribution in [2.45, 2.75) is 52.2 Å². The summed E-state index contributed by atoms with van der Waals surface area (Å²) < 4.78 is 0. The predicted octanol–water partition coefficient (Wildman–Crippen LogP) is 4.79. The zero-order chi connectivity index (χ0) is 19.3. The molecule has 0 aliphatic rings. The van der Waals surface area contributed by atoms with Crippen LogP contribution in [0.15, 0.2) is 60.7 Å². The van der Waals surface area contributed by atoms with Gasteiger partial charge in [-0.15, -0.1) is 0 Å². The Balaban J connectivity index is 2.13. The molecule has 0 spiro atoms. The number of carbonyl (C=O) groups is 1. The molecular weight excluding hydrogens is 322 g/mol. The number of carbonyl (C=O) groups excluding carboxylic acids is 1. The van der Waals surface area contributed by atoms with Crippen LogP contribution in [0.3, 0.4) is 0 Å². The van der Waals surface area contributed by atoms with Gasteiger partial charge in [-0.25, -0.2) is 0 Å². The first-order valence-electron chi connectivity index (χ1n) is 9.25. The highest BCUT2D eigenvalue weighted by atomic mass is 16.3. The molecule has 0 aromatic heterocycles. The third kappa shape index (κ3) is 4.95. The summed E-state index contributed by atoms with van der Waals surface area (Å²) in [5.41, 5.74) is 1.98. The van der Waals surface area contributed by atoms with Gasteiger partial charge >= 0.3 is 0 Å². The predicted molar refractivity (Wildman–Crippen MR) is 107 cm³/mol. The molecule has 3 atom stereocenters. The lowest BCUT2D eigenvalue weighted by Crippen LogP contribution is -2.40. The lowest BCUT2D eigenvalue weighted by atomic mass is 9.74. The third-order valence-electron chi connectivity index (χ3n) is 5.23. The van der Waals surface area contributed by atoms with Gasteiger partial charge in [-0.3, -0.25) is 4.79 Å². The fraction of sp³-hybridized carbons (Fsp3) is 0.435. The molecule has 1 N–H and O–H groups in total. The van der Waals surface area contributed by atoms with E-state index in [-0.39, 0.29) is 23.3 Å². The van der Waals surface area contributed by atoms with Gasteiger partial charge < -0.3 is 10.0 Å². The first-order chi connectivity index (χ1) is 12.2. The van der Waals surface area contributed by atoms with Crippen LogP contribution in [0.5, 0.6) is 0 Å². The smallest absolute Gasteiger partial charge is 0.223 e. The highest BCUT2D eigenvalue weighted by Crippen LogP contribution is 2.38. The van der Waals surface area contributed by atoms with Gasteiger partial charge in [0.2, 0.25) is 5.91 Å². The maximum absolute atomic E-state index is 13.0. The lowest BCUT2D eigenvalue weighted by Gasteiger charge is -2.34. The number of amides is 1. The topological polar surface area (TPSA) is 40.5 Å². The number of rotatable bonds is 6. The zero-order valence-electron chi connectivity index (χ0n) is 16.5. The van der Waals surface area contributed by atoms with Crippen LogP contribution in [0.25, 0.3) is 0 Å². The molecule has 2 aromatic rings. The van der Waals surface area contributed by atoms with Crippen LogP contribution >= 0.6 is 0 Å². The van der Waals surface area contributed by atoms with Gasteiger partial charge in [-0.05, 0) is 29.4 Å². The fourth-order valence-electron chi connectivity index (χ4n) is 3.30. The number of nitrogens with zero attached hydrogens (tertiary/aromatic N) is 1. The van der Waals surface area contributed by atoms with Crippen molar-refractivity contribution in [1.29, 1.82) is 0 Å². The maximum atomic E-state index is 13.0. The number of hydrogen-bond acceptors (Lipinski definition) is 2. The van der Waals surface area contributed by atoms with Crippen molar-refractivity contribution >= 4 is 5.91 Å². The van der Waals surface area contributed by atoms with Crippen LogP contribution in [0, 0.1) is 5.41 Å². The second-order valence-electron chi connectivity index (χ2n) is 8.13. The Hall–Kier alpha value is -2.13. The Labute approximate surface area is 157 Å². The van der Waals surface area contributed by atoms with Crippen LogP contribution in [-0.4, -0.2) is 29.0 Å². The Kier molecular flexibility index (Phi) is 6.60. The van der Waals surface area contributed by atoms with Gasteiger partial charge in [0.15, 0.2) is 0 Å². The maximum Gasteiger partial charge on any atom is 0.223 e. The van der Waals surface area contributed by atoms with Crippen LogP contribution < -0.4 is 0 Å². The Morgan fingerprint density at radius 1 is 0.962 bits per heavy atom. The number of aliphatic hydroxyl groups excluding tert-OH is 1. The van der Waals surface area contributed by atoms with Crippen molar-refractivity contribution in [2.24, 2.45) is 5.41 Å². The summed E-state index contributed by atoms with van der Waals surface area (Å²) in [6.45, 7) is 8.39. The molecule has 0 saturated heterocycles. The summed E-state index contributed by atoms with van der Waals surface area (Å²) in [5.74, 6) is 0.177. The molecule has 26 heavy (non-hydrogen) atoms. The average molecular weight is 354 g/mol.